The van der Waals surface area contributed by atoms with Crippen LogP contribution in [0.2, 0.25) is 0 Å². The van der Waals surface area contributed by atoms with Gasteiger partial charge in [-0.1, -0.05) is 24.3 Å². The molecule has 2 rings (SSSR count). The lowest BCUT2D eigenvalue weighted by Crippen LogP contribution is -2.39. The molecule has 1 aliphatic rings. The summed E-state index contributed by atoms with van der Waals surface area (Å²) in [5, 5.41) is 3.58. The van der Waals surface area contributed by atoms with Gasteiger partial charge in [-0.15, -0.1) is 6.58 Å². The first-order valence-electron chi connectivity index (χ1n) is 6.24. The average molecular weight is 231 g/mol. The Morgan fingerprint density at radius 1 is 1.47 bits per heavy atom. The molecule has 1 N–H and O–H groups in total. The second-order valence-electron chi connectivity index (χ2n) is 5.19. The summed E-state index contributed by atoms with van der Waals surface area (Å²) in [5.74, 6) is 1.01. The topological polar surface area (TPSA) is 21.3 Å². The lowest BCUT2D eigenvalue weighted by Gasteiger charge is -2.38. The maximum Gasteiger partial charge on any atom is 0.124 e. The highest BCUT2D eigenvalue weighted by molar-refractivity contribution is 5.38. The first-order chi connectivity index (χ1) is 8.12. The summed E-state index contributed by atoms with van der Waals surface area (Å²) in [4.78, 5) is 0. The number of fused-ring (bicyclic) bond motifs is 1. The van der Waals surface area contributed by atoms with Gasteiger partial charge in [-0.05, 0) is 32.9 Å². The molecule has 0 spiro atoms. The number of para-hydroxylation sites is 1. The van der Waals surface area contributed by atoms with E-state index in [1.165, 1.54) is 5.56 Å². The molecule has 2 heteroatoms. The van der Waals surface area contributed by atoms with E-state index in [4.69, 9.17) is 4.74 Å². The number of nitrogens with one attached hydrogen (secondary N) is 1. The van der Waals surface area contributed by atoms with Crippen LogP contribution in [-0.2, 0) is 0 Å². The minimum Gasteiger partial charge on any atom is -0.487 e. The van der Waals surface area contributed by atoms with Crippen molar-refractivity contribution in [2.45, 2.75) is 38.3 Å². The molecular weight excluding hydrogens is 210 g/mol. The van der Waals surface area contributed by atoms with E-state index in [0.29, 0.717) is 6.04 Å². The monoisotopic (exact) mass is 231 g/mol. The van der Waals surface area contributed by atoms with Gasteiger partial charge >= 0.3 is 0 Å². The zero-order valence-electron chi connectivity index (χ0n) is 10.7. The standard InChI is InChI=1S/C15H21NO/c1-4-5-10-16-13-11-15(2,3)17-14-9-7-6-8-12(13)14/h4,6-9,13,16H,1,5,10-11H2,2-3H3. The van der Waals surface area contributed by atoms with Crippen molar-refractivity contribution in [3.63, 3.8) is 0 Å². The van der Waals surface area contributed by atoms with E-state index in [1.54, 1.807) is 0 Å². The Labute approximate surface area is 104 Å². The zero-order valence-corrected chi connectivity index (χ0v) is 10.7. The van der Waals surface area contributed by atoms with E-state index in [2.05, 4.69) is 43.9 Å². The van der Waals surface area contributed by atoms with E-state index in [9.17, 15) is 0 Å². The quantitative estimate of drug-likeness (QED) is 0.633. The van der Waals surface area contributed by atoms with Crippen molar-refractivity contribution in [1.29, 1.82) is 0 Å². The summed E-state index contributed by atoms with van der Waals surface area (Å²) in [6.45, 7) is 9.01. The number of hydrogen-bond donors (Lipinski definition) is 1. The summed E-state index contributed by atoms with van der Waals surface area (Å²) >= 11 is 0. The van der Waals surface area contributed by atoms with Crippen molar-refractivity contribution in [3.05, 3.63) is 42.5 Å². The van der Waals surface area contributed by atoms with E-state index in [1.807, 2.05) is 12.1 Å². The van der Waals surface area contributed by atoms with Gasteiger partial charge in [-0.2, -0.15) is 0 Å². The third kappa shape index (κ3) is 2.89. The Hall–Kier alpha value is -1.28. The SMILES string of the molecule is C=CCCNC1CC(C)(C)Oc2ccccc21. The summed E-state index contributed by atoms with van der Waals surface area (Å²) in [6.07, 6.45) is 3.95. The molecule has 0 fully saturated rings. The Bertz CT molecular complexity index is 398. The molecule has 1 aliphatic heterocycles. The Balaban J connectivity index is 2.17. The normalized spacial score (nSPS) is 21.4. The van der Waals surface area contributed by atoms with Gasteiger partial charge in [-0.3, -0.25) is 0 Å². The fraction of sp³-hybridized carbons (Fsp3) is 0.467. The molecule has 1 atom stereocenters. The molecule has 0 amide bonds. The highest BCUT2D eigenvalue weighted by Crippen LogP contribution is 2.38. The fourth-order valence-electron chi connectivity index (χ4n) is 2.34. The van der Waals surface area contributed by atoms with E-state index in [0.717, 1.165) is 25.1 Å². The molecule has 92 valence electrons. The van der Waals surface area contributed by atoms with E-state index in [-0.39, 0.29) is 5.60 Å². The number of rotatable bonds is 4. The first kappa shape index (κ1) is 12.2. The molecule has 0 saturated heterocycles. The number of hydrogen-bond acceptors (Lipinski definition) is 2. The minimum atomic E-state index is -0.0970. The molecule has 1 unspecified atom stereocenters. The minimum absolute atomic E-state index is 0.0970. The summed E-state index contributed by atoms with van der Waals surface area (Å²) < 4.78 is 6.00. The van der Waals surface area contributed by atoms with Crippen molar-refractivity contribution in [2.24, 2.45) is 0 Å². The Morgan fingerprint density at radius 3 is 3.00 bits per heavy atom. The van der Waals surface area contributed by atoms with Gasteiger partial charge < -0.3 is 10.1 Å². The summed E-state index contributed by atoms with van der Waals surface area (Å²) in [7, 11) is 0. The van der Waals surface area contributed by atoms with Crippen LogP contribution in [0.5, 0.6) is 5.75 Å². The second kappa shape index (κ2) is 4.92. The van der Waals surface area contributed by atoms with Crippen LogP contribution in [-0.4, -0.2) is 12.1 Å². The Morgan fingerprint density at radius 2 is 2.24 bits per heavy atom. The molecule has 1 aromatic carbocycles. The van der Waals surface area contributed by atoms with Crippen molar-refractivity contribution >= 4 is 0 Å². The van der Waals surface area contributed by atoms with Crippen LogP contribution in [0.25, 0.3) is 0 Å². The molecule has 2 nitrogen and oxygen atoms in total. The van der Waals surface area contributed by atoms with Gasteiger partial charge in [0.15, 0.2) is 0 Å². The zero-order chi connectivity index (χ0) is 12.3. The van der Waals surface area contributed by atoms with Crippen LogP contribution in [0.15, 0.2) is 36.9 Å². The lowest BCUT2D eigenvalue weighted by atomic mass is 9.89. The third-order valence-electron chi connectivity index (χ3n) is 3.12. The van der Waals surface area contributed by atoms with Crippen LogP contribution >= 0.6 is 0 Å². The van der Waals surface area contributed by atoms with Crippen LogP contribution in [0.4, 0.5) is 0 Å². The van der Waals surface area contributed by atoms with Crippen LogP contribution in [0.1, 0.15) is 38.3 Å². The van der Waals surface area contributed by atoms with Crippen LogP contribution in [0.3, 0.4) is 0 Å². The lowest BCUT2D eigenvalue weighted by molar-refractivity contribution is 0.0662. The van der Waals surface area contributed by atoms with E-state index < -0.39 is 0 Å². The molecule has 0 radical (unpaired) electrons. The molecule has 0 saturated carbocycles. The smallest absolute Gasteiger partial charge is 0.124 e. The third-order valence-corrected chi connectivity index (χ3v) is 3.12. The number of ether oxygens (including phenoxy) is 1. The Kier molecular flexibility index (Phi) is 3.53. The first-order valence-corrected chi connectivity index (χ1v) is 6.24. The van der Waals surface area contributed by atoms with Crippen LogP contribution in [0, 0.1) is 0 Å². The average Bonchev–Trinajstić information content (AvgIpc) is 2.28. The highest BCUT2D eigenvalue weighted by atomic mass is 16.5. The van der Waals surface area contributed by atoms with Gasteiger partial charge in [0.2, 0.25) is 0 Å². The summed E-state index contributed by atoms with van der Waals surface area (Å²) in [5.41, 5.74) is 1.18. The predicted molar refractivity (Wildman–Crippen MR) is 71.3 cm³/mol. The van der Waals surface area contributed by atoms with Gasteiger partial charge in [0, 0.05) is 18.0 Å². The maximum absolute atomic E-state index is 6.00. The van der Waals surface area contributed by atoms with Gasteiger partial charge in [0.1, 0.15) is 11.4 Å². The molecule has 17 heavy (non-hydrogen) atoms. The van der Waals surface area contributed by atoms with Crippen LogP contribution < -0.4 is 10.1 Å². The fourth-order valence-corrected chi connectivity index (χ4v) is 2.34. The molecule has 0 bridgehead atoms. The molecule has 0 aromatic heterocycles. The van der Waals surface area contributed by atoms with Crippen molar-refractivity contribution in [2.75, 3.05) is 6.54 Å². The second-order valence-corrected chi connectivity index (χ2v) is 5.19. The van der Waals surface area contributed by atoms with Crippen molar-refractivity contribution in [1.82, 2.24) is 5.32 Å². The van der Waals surface area contributed by atoms with Crippen molar-refractivity contribution < 1.29 is 4.74 Å². The van der Waals surface area contributed by atoms with Crippen molar-refractivity contribution in [3.8, 4) is 5.75 Å². The van der Waals surface area contributed by atoms with E-state index >= 15 is 0 Å². The maximum atomic E-state index is 6.00. The van der Waals surface area contributed by atoms with Gasteiger partial charge in [-0.25, -0.2) is 0 Å². The molecule has 1 aromatic rings. The number of benzene rings is 1. The predicted octanol–water partition coefficient (Wildman–Crippen LogP) is 3.45. The molecule has 1 heterocycles. The largest absolute Gasteiger partial charge is 0.487 e. The van der Waals surface area contributed by atoms with Gasteiger partial charge in [0.05, 0.1) is 0 Å². The van der Waals surface area contributed by atoms with Gasteiger partial charge in [0.25, 0.3) is 0 Å². The molecule has 0 aliphatic carbocycles. The highest BCUT2D eigenvalue weighted by Gasteiger charge is 2.32. The summed E-state index contributed by atoms with van der Waals surface area (Å²) in [6, 6.07) is 8.69. The molecular formula is C15H21NO.